The summed E-state index contributed by atoms with van der Waals surface area (Å²) < 4.78 is 15.9. The molecule has 2 heterocycles. The van der Waals surface area contributed by atoms with Gasteiger partial charge in [-0.15, -0.1) is 0 Å². The number of aliphatic hydroxyl groups is 6. The van der Waals surface area contributed by atoms with Crippen LogP contribution in [0.1, 0.15) is 78.2 Å². The van der Waals surface area contributed by atoms with E-state index >= 15 is 0 Å². The van der Waals surface area contributed by atoms with Crippen molar-refractivity contribution in [2.45, 2.75) is 51.8 Å². The van der Waals surface area contributed by atoms with Crippen LogP contribution in [0.25, 0.3) is 0 Å². The molecule has 2 aliphatic heterocycles. The van der Waals surface area contributed by atoms with Gasteiger partial charge < -0.3 is 93.7 Å². The van der Waals surface area contributed by atoms with Crippen molar-refractivity contribution in [1.29, 1.82) is 0 Å². The minimum absolute atomic E-state index is 0. The number of aldehydes is 1. The van der Waals surface area contributed by atoms with Crippen LogP contribution in [-0.4, -0.2) is 172 Å². The molecule has 2 unspecified atom stereocenters. The van der Waals surface area contributed by atoms with Crippen molar-refractivity contribution < 1.29 is 113 Å². The second-order valence-electron chi connectivity index (χ2n) is 16.9. The molecule has 0 spiro atoms. The number of carbonyl (C=O) groups is 3. The zero-order valence-corrected chi connectivity index (χ0v) is 51.8. The summed E-state index contributed by atoms with van der Waals surface area (Å²) in [5, 5.41) is 101. The first kappa shape index (κ1) is 78.4. The van der Waals surface area contributed by atoms with Gasteiger partial charge in [0.15, 0.2) is 12.4 Å². The van der Waals surface area contributed by atoms with Crippen molar-refractivity contribution in [3.8, 4) is 0 Å². The molecule has 0 aliphatic carbocycles. The van der Waals surface area contributed by atoms with E-state index < -0.39 is 66.1 Å². The number of amides is 2. The molecule has 2 aliphatic rings. The van der Waals surface area contributed by atoms with Gasteiger partial charge in [0, 0.05) is 49.9 Å². The molecule has 2 amide bonds. The van der Waals surface area contributed by atoms with Gasteiger partial charge in [0.1, 0.15) is 0 Å². The van der Waals surface area contributed by atoms with Crippen LogP contribution in [-0.2, 0) is 53.9 Å². The Morgan fingerprint density at radius 1 is 0.560 bits per heavy atom. The molecule has 6 aromatic rings. The van der Waals surface area contributed by atoms with Crippen molar-refractivity contribution in [3.05, 3.63) is 225 Å². The first-order valence-electron chi connectivity index (χ1n) is 24.3. The number of hydrogen-bond donors (Lipinski definition) is 6. The van der Waals surface area contributed by atoms with Gasteiger partial charge in [-0.05, 0) is 68.7 Å². The summed E-state index contributed by atoms with van der Waals surface area (Å²) in [6, 6.07) is 36.9. The second kappa shape index (κ2) is 42.2. The monoisotopic (exact) mass is 1330 g/mol. The maximum absolute atomic E-state index is 12.7. The standard InChI is InChI=1S/C20H22N2O7.C15H14NO5.C9H9NO5.C6H5.C5H8ClNO2.2BrH.2Mg/c23-12-15-10-17(18(22(26)27)11-16(15)13-24)19(14-4-2-1-3-5-14)29-20(25)21-6-8-28-9-7-21;17-8-11-6-13(14(16(20)21)7-12(11)9-18)15(19)10-4-2-1-3-5-10;11-3-6-1-8(5-13)9(10(14)15)2-7(6)4-12;1-2-4-6-5-3-1;6-5(8)7-1-3-9-4-2-7;;;;/h1-5,10-11,19,23-24H,6-9,12-13H2;1-7,15,17-18H,8-9H2;1-2,5,11-12H,3-4H2;1-5H;1-4H2;2*1H;;/q;-1;;-1;;;;2*+2/p-2. The number of nitro groups is 3. The third kappa shape index (κ3) is 24.0. The molecule has 442 valence electrons. The fraction of sp³-hybridized carbons (Fsp3) is 0.291. The Kier molecular flexibility index (Phi) is 39.4. The predicted octanol–water partition coefficient (Wildman–Crippen LogP) is -1.03. The average molecular weight is 1340 g/mol. The van der Waals surface area contributed by atoms with E-state index in [9.17, 15) is 70.3 Å². The molecule has 29 heteroatoms. The van der Waals surface area contributed by atoms with Crippen LogP contribution in [0.5, 0.6) is 0 Å². The zero-order chi connectivity index (χ0) is 58.6. The molecule has 6 aromatic carbocycles. The number of halogens is 3. The average Bonchev–Trinajstić information content (AvgIpc) is 3.05. The topological polar surface area (TPSA) is 359 Å². The van der Waals surface area contributed by atoms with Gasteiger partial charge in [-0.2, -0.15) is 36.4 Å². The molecule has 0 bridgehead atoms. The zero-order valence-electron chi connectivity index (χ0n) is 45.0. The van der Waals surface area contributed by atoms with Crippen LogP contribution in [0.3, 0.4) is 0 Å². The fourth-order valence-corrected chi connectivity index (χ4v) is 7.88. The Morgan fingerprint density at radius 2 is 0.917 bits per heavy atom. The van der Waals surface area contributed by atoms with Gasteiger partial charge in [-0.3, -0.25) is 39.9 Å². The van der Waals surface area contributed by atoms with Crippen LogP contribution in [0.15, 0.2) is 127 Å². The van der Waals surface area contributed by atoms with E-state index in [1.54, 1.807) is 65.6 Å². The number of nitro benzene ring substituents is 3. The van der Waals surface area contributed by atoms with E-state index in [2.05, 4.69) is 6.07 Å². The van der Waals surface area contributed by atoms with E-state index in [1.807, 2.05) is 30.3 Å². The number of morpholine rings is 2. The molecule has 84 heavy (non-hydrogen) atoms. The summed E-state index contributed by atoms with van der Waals surface area (Å²) >= 11 is 5.19. The van der Waals surface area contributed by atoms with Crippen molar-refractivity contribution in [2.75, 3.05) is 52.6 Å². The van der Waals surface area contributed by atoms with Gasteiger partial charge >= 0.3 is 57.6 Å². The Bertz CT molecular complexity index is 2950. The van der Waals surface area contributed by atoms with Gasteiger partial charge in [0.25, 0.3) is 17.1 Å². The number of nitrogens with zero attached hydrogens (tertiary/aromatic N) is 5. The molecule has 6 N–H and O–H groups in total. The molecule has 0 radical (unpaired) electrons. The summed E-state index contributed by atoms with van der Waals surface area (Å²) in [5.74, 6) is 0. The van der Waals surface area contributed by atoms with Crippen LogP contribution in [0.2, 0.25) is 0 Å². The molecule has 0 aromatic heterocycles. The summed E-state index contributed by atoms with van der Waals surface area (Å²) in [6.07, 6.45) is -2.73. The second-order valence-corrected chi connectivity index (χ2v) is 17.2. The van der Waals surface area contributed by atoms with Crippen molar-refractivity contribution in [3.63, 3.8) is 0 Å². The number of benzene rings is 6. The van der Waals surface area contributed by atoms with Gasteiger partial charge in [0.05, 0.1) is 92.0 Å². The van der Waals surface area contributed by atoms with E-state index in [-0.39, 0.29) is 142 Å². The molecule has 2 saturated heterocycles. The Labute approximate surface area is 540 Å². The fourth-order valence-electron chi connectivity index (χ4n) is 7.71. The van der Waals surface area contributed by atoms with E-state index in [0.29, 0.717) is 86.7 Å². The third-order valence-electron chi connectivity index (χ3n) is 11.9. The number of hydrogen-bond acceptors (Lipinski definition) is 19. The normalized spacial score (nSPS) is 12.7. The van der Waals surface area contributed by atoms with E-state index in [0.717, 1.165) is 12.1 Å². The molecule has 8 rings (SSSR count). The summed E-state index contributed by atoms with van der Waals surface area (Å²) in [4.78, 5) is 68.2. The quantitative estimate of drug-likeness (QED) is 0.0136. The Hall–Kier alpha value is -5.65. The van der Waals surface area contributed by atoms with Crippen LogP contribution in [0.4, 0.5) is 26.7 Å². The van der Waals surface area contributed by atoms with Crippen molar-refractivity contribution >= 4 is 92.5 Å². The first-order valence-corrected chi connectivity index (χ1v) is 24.7. The van der Waals surface area contributed by atoms with E-state index in [1.165, 1.54) is 29.2 Å². The summed E-state index contributed by atoms with van der Waals surface area (Å²) in [7, 11) is 0. The molecule has 0 saturated carbocycles. The largest absolute Gasteiger partial charge is 2.00 e. The number of aliphatic hydroxyl groups excluding tert-OH is 6. The van der Waals surface area contributed by atoms with E-state index in [4.69, 9.17) is 36.0 Å². The smallest absolute Gasteiger partial charge is 1.00 e. The van der Waals surface area contributed by atoms with Crippen LogP contribution < -0.4 is 39.1 Å². The van der Waals surface area contributed by atoms with Crippen LogP contribution >= 0.6 is 11.6 Å². The summed E-state index contributed by atoms with van der Waals surface area (Å²) in [5.41, 5.74) is 1.63. The van der Waals surface area contributed by atoms with Crippen molar-refractivity contribution in [2.24, 2.45) is 0 Å². The first-order chi connectivity index (χ1) is 38.6. The number of rotatable bonds is 15. The summed E-state index contributed by atoms with van der Waals surface area (Å²) in [6.45, 7) is 1.48. The molecular weight excluding hydrogens is 1280 g/mol. The maximum Gasteiger partial charge on any atom is 2.00 e. The maximum atomic E-state index is 12.7. The minimum atomic E-state index is -1.43. The van der Waals surface area contributed by atoms with Crippen molar-refractivity contribution in [1.82, 2.24) is 9.80 Å². The predicted molar refractivity (Wildman–Crippen MR) is 296 cm³/mol. The Morgan fingerprint density at radius 3 is 1.27 bits per heavy atom. The number of carbonyl (C=O) groups excluding carboxylic acids is 3. The molecule has 2 atom stereocenters. The van der Waals surface area contributed by atoms with Gasteiger partial charge in [-0.1, -0.05) is 72.3 Å². The third-order valence-corrected chi connectivity index (χ3v) is 12.1. The molecule has 2 fully saturated rings. The number of ether oxygens (including phenoxy) is 3. The minimum Gasteiger partial charge on any atom is -1.00 e. The SMILES string of the molecule is O=C(Cl)N1CCOCC1.O=C(OC(c1ccccc1)c1cc(CO)c(CO)cc1[N+](=O)[O-])N1CCOCC1.O=Cc1cc(CO)c(CO)cc1[N+](=O)[O-].O=[N+]([O-])c1cc(CO)c(CO)cc1C([O-])c1ccccc1.[Br-].[Br-].[Mg+2].[Mg+2].[c-]1ccccc1. The van der Waals surface area contributed by atoms with Crippen LogP contribution in [0, 0.1) is 36.4 Å². The molecular formula is C55H58Br2ClMg2N5O19. The van der Waals surface area contributed by atoms with Gasteiger partial charge in [-0.25, -0.2) is 4.79 Å². The van der Waals surface area contributed by atoms with Gasteiger partial charge in [0.2, 0.25) is 0 Å². The molecule has 24 nitrogen and oxygen atoms in total. The Balaban J connectivity index is 0.00000110.